The number of ether oxygens (including phenoxy) is 2. The summed E-state index contributed by atoms with van der Waals surface area (Å²) in [4.78, 5) is 30.9. The van der Waals surface area contributed by atoms with Gasteiger partial charge in [0.1, 0.15) is 22.9 Å². The van der Waals surface area contributed by atoms with E-state index in [0.717, 1.165) is 51.4 Å². The number of hydrogen-bond acceptors (Lipinski definition) is 8. The third kappa shape index (κ3) is 6.56. The van der Waals surface area contributed by atoms with Gasteiger partial charge in [0.2, 0.25) is 4.96 Å². The van der Waals surface area contributed by atoms with Gasteiger partial charge in [0.05, 0.1) is 23.9 Å². The zero-order valence-corrected chi connectivity index (χ0v) is 26.4. The van der Waals surface area contributed by atoms with Crippen molar-refractivity contribution >= 4 is 22.4 Å². The average Bonchev–Trinajstić information content (AvgIpc) is 3.59. The molecule has 6 aromatic rings. The van der Waals surface area contributed by atoms with E-state index in [-0.39, 0.29) is 22.6 Å². The molecular formula is C35H33N5O4S. The SMILES string of the molecule is COc1ccc(Cc2nn3c(=O)/c(=C/c4cn(-c5ccccc5)nc4-c4ccc(OCCC(C)C)c(C)c4)sc3nc2=O)cc1. The molecular weight excluding hydrogens is 586 g/mol. The highest BCUT2D eigenvalue weighted by molar-refractivity contribution is 7.15. The van der Waals surface area contributed by atoms with Crippen LogP contribution in [-0.4, -0.2) is 38.1 Å². The summed E-state index contributed by atoms with van der Waals surface area (Å²) in [5.41, 5.74) is 4.50. The second kappa shape index (κ2) is 12.9. The first kappa shape index (κ1) is 30.0. The van der Waals surface area contributed by atoms with E-state index in [0.29, 0.717) is 28.5 Å². The van der Waals surface area contributed by atoms with Crippen molar-refractivity contribution in [1.29, 1.82) is 0 Å². The zero-order valence-electron chi connectivity index (χ0n) is 25.6. The van der Waals surface area contributed by atoms with E-state index in [1.54, 1.807) is 17.9 Å². The first-order valence-corrected chi connectivity index (χ1v) is 15.6. The van der Waals surface area contributed by atoms with Crippen LogP contribution in [0.25, 0.3) is 28.0 Å². The van der Waals surface area contributed by atoms with E-state index in [2.05, 4.69) is 30.0 Å². The van der Waals surface area contributed by atoms with Gasteiger partial charge in [-0.25, -0.2) is 4.68 Å². The number of benzene rings is 3. The average molecular weight is 620 g/mol. The number of thiazole rings is 1. The molecule has 9 nitrogen and oxygen atoms in total. The van der Waals surface area contributed by atoms with Crippen LogP contribution >= 0.6 is 11.3 Å². The molecule has 0 amide bonds. The number of nitrogens with zero attached hydrogens (tertiary/aromatic N) is 5. The smallest absolute Gasteiger partial charge is 0.296 e. The number of methoxy groups -OCH3 is 1. The highest BCUT2D eigenvalue weighted by Gasteiger charge is 2.16. The molecule has 0 N–H and O–H groups in total. The first-order chi connectivity index (χ1) is 21.8. The number of para-hydroxylation sites is 1. The second-order valence-electron chi connectivity index (χ2n) is 11.2. The third-order valence-electron chi connectivity index (χ3n) is 7.43. The Bertz CT molecular complexity index is 2130. The number of hydrogen-bond donors (Lipinski definition) is 0. The Morgan fingerprint density at radius 2 is 1.76 bits per heavy atom. The van der Waals surface area contributed by atoms with Crippen molar-refractivity contribution in [3.05, 3.63) is 127 Å². The predicted molar refractivity (Wildman–Crippen MR) is 177 cm³/mol. The van der Waals surface area contributed by atoms with Gasteiger partial charge >= 0.3 is 0 Å². The van der Waals surface area contributed by atoms with Crippen LogP contribution in [0.4, 0.5) is 0 Å². The van der Waals surface area contributed by atoms with Gasteiger partial charge in [-0.3, -0.25) is 9.59 Å². The molecule has 0 aliphatic heterocycles. The topological polar surface area (TPSA) is 101 Å². The molecule has 3 heterocycles. The van der Waals surface area contributed by atoms with Crippen molar-refractivity contribution in [2.75, 3.05) is 13.7 Å². The maximum atomic E-state index is 13.6. The van der Waals surface area contributed by atoms with Gasteiger partial charge in [-0.1, -0.05) is 55.5 Å². The zero-order chi connectivity index (χ0) is 31.5. The van der Waals surface area contributed by atoms with Gasteiger partial charge in [-0.15, -0.1) is 0 Å². The van der Waals surface area contributed by atoms with Gasteiger partial charge in [0.15, 0.2) is 0 Å². The molecule has 45 heavy (non-hydrogen) atoms. The highest BCUT2D eigenvalue weighted by atomic mass is 32.1. The summed E-state index contributed by atoms with van der Waals surface area (Å²) < 4.78 is 14.7. The van der Waals surface area contributed by atoms with E-state index in [9.17, 15) is 9.59 Å². The minimum absolute atomic E-state index is 0.197. The van der Waals surface area contributed by atoms with Crippen LogP contribution in [-0.2, 0) is 6.42 Å². The second-order valence-corrected chi connectivity index (χ2v) is 12.2. The normalized spacial score (nSPS) is 11.9. The van der Waals surface area contributed by atoms with Crippen LogP contribution in [0.5, 0.6) is 11.5 Å². The third-order valence-corrected chi connectivity index (χ3v) is 8.39. The number of aromatic nitrogens is 5. The standard InChI is InChI=1S/C35H33N5O4S/c1-22(2)16-17-44-30-15-12-25(18-23(30)3)32-26(21-39(38-32)27-8-6-5-7-9-27)20-31-34(42)40-35(45-31)36-33(41)29(37-40)19-24-10-13-28(43-4)14-11-24/h5-15,18,20-22H,16-17,19H2,1-4H3/b31-20-. The Labute approximate surface area is 264 Å². The van der Waals surface area contributed by atoms with E-state index < -0.39 is 5.56 Å². The predicted octanol–water partition coefficient (Wildman–Crippen LogP) is 5.24. The quantitative estimate of drug-likeness (QED) is 0.207. The monoisotopic (exact) mass is 619 g/mol. The fourth-order valence-corrected chi connectivity index (χ4v) is 5.82. The fourth-order valence-electron chi connectivity index (χ4n) is 4.92. The first-order valence-electron chi connectivity index (χ1n) is 14.8. The highest BCUT2D eigenvalue weighted by Crippen LogP contribution is 2.29. The van der Waals surface area contributed by atoms with E-state index >= 15 is 0 Å². The molecule has 0 fully saturated rings. The molecule has 0 bridgehead atoms. The molecule has 0 unspecified atom stereocenters. The van der Waals surface area contributed by atoms with Crippen molar-refractivity contribution in [3.63, 3.8) is 0 Å². The Morgan fingerprint density at radius 1 is 0.978 bits per heavy atom. The molecule has 0 saturated heterocycles. The Kier molecular flexibility index (Phi) is 8.57. The number of fused-ring (bicyclic) bond motifs is 1. The van der Waals surface area contributed by atoms with Crippen molar-refractivity contribution in [1.82, 2.24) is 24.4 Å². The summed E-state index contributed by atoms with van der Waals surface area (Å²) in [6.07, 6.45) is 4.92. The van der Waals surface area contributed by atoms with Crippen LogP contribution in [0.15, 0.2) is 88.6 Å². The maximum Gasteiger partial charge on any atom is 0.296 e. The van der Waals surface area contributed by atoms with E-state index in [4.69, 9.17) is 14.6 Å². The molecule has 6 rings (SSSR count). The summed E-state index contributed by atoms with van der Waals surface area (Å²) in [5, 5.41) is 9.34. The van der Waals surface area contributed by atoms with Crippen molar-refractivity contribution in [2.24, 2.45) is 5.92 Å². The van der Waals surface area contributed by atoms with Gasteiger partial charge in [-0.2, -0.15) is 19.7 Å². The summed E-state index contributed by atoms with van der Waals surface area (Å²) in [5.74, 6) is 2.12. The van der Waals surface area contributed by atoms with Gasteiger partial charge in [0, 0.05) is 23.7 Å². The molecule has 10 heteroatoms. The number of rotatable bonds is 10. The van der Waals surface area contributed by atoms with Crippen LogP contribution in [0.3, 0.4) is 0 Å². The number of aryl methyl sites for hydroxylation is 1. The summed E-state index contributed by atoms with van der Waals surface area (Å²) in [6.45, 7) is 7.03. The van der Waals surface area contributed by atoms with Crippen molar-refractivity contribution in [2.45, 2.75) is 33.6 Å². The molecule has 3 aromatic carbocycles. The Hall–Kier alpha value is -5.09. The summed E-state index contributed by atoms with van der Waals surface area (Å²) in [6, 6.07) is 23.2. The van der Waals surface area contributed by atoms with E-state index in [1.165, 1.54) is 4.52 Å². The lowest BCUT2D eigenvalue weighted by Crippen LogP contribution is -2.28. The lowest BCUT2D eigenvalue weighted by atomic mass is 10.0. The Balaban J connectivity index is 1.40. The molecule has 0 aliphatic carbocycles. The molecule has 3 aromatic heterocycles. The maximum absolute atomic E-state index is 13.6. The molecule has 0 radical (unpaired) electrons. The Morgan fingerprint density at radius 3 is 2.47 bits per heavy atom. The molecule has 0 spiro atoms. The van der Waals surface area contributed by atoms with Crippen molar-refractivity contribution in [3.8, 4) is 28.4 Å². The minimum Gasteiger partial charge on any atom is -0.497 e. The van der Waals surface area contributed by atoms with Crippen LogP contribution in [0.1, 0.15) is 42.7 Å². The van der Waals surface area contributed by atoms with Gasteiger partial charge in [-0.05, 0) is 78.9 Å². The fraction of sp³-hybridized carbons (Fsp3) is 0.229. The molecule has 228 valence electrons. The van der Waals surface area contributed by atoms with Crippen LogP contribution in [0, 0.1) is 12.8 Å². The van der Waals surface area contributed by atoms with Crippen LogP contribution < -0.4 is 25.1 Å². The summed E-state index contributed by atoms with van der Waals surface area (Å²) >= 11 is 1.13. The van der Waals surface area contributed by atoms with Gasteiger partial charge < -0.3 is 9.47 Å². The lowest BCUT2D eigenvalue weighted by Gasteiger charge is -2.11. The largest absolute Gasteiger partial charge is 0.497 e. The lowest BCUT2D eigenvalue weighted by molar-refractivity contribution is 0.288. The molecule has 0 aliphatic rings. The van der Waals surface area contributed by atoms with Crippen molar-refractivity contribution < 1.29 is 9.47 Å². The molecule has 0 saturated carbocycles. The summed E-state index contributed by atoms with van der Waals surface area (Å²) in [7, 11) is 1.60. The van der Waals surface area contributed by atoms with Crippen LogP contribution in [0.2, 0.25) is 0 Å². The van der Waals surface area contributed by atoms with E-state index in [1.807, 2.05) is 79.9 Å². The van der Waals surface area contributed by atoms with Gasteiger partial charge in [0.25, 0.3) is 11.1 Å². The molecule has 0 atom stereocenters. The minimum atomic E-state index is -0.456.